The van der Waals surface area contributed by atoms with Crippen molar-refractivity contribution < 1.29 is 27.4 Å². The van der Waals surface area contributed by atoms with Crippen LogP contribution in [-0.2, 0) is 9.48 Å². The summed E-state index contributed by atoms with van der Waals surface area (Å²) in [6.45, 7) is 3.61. The van der Waals surface area contributed by atoms with Crippen molar-refractivity contribution in [2.45, 2.75) is 54.3 Å². The van der Waals surface area contributed by atoms with Crippen LogP contribution in [0.1, 0.15) is 38.3 Å². The Balaban J connectivity index is 1.38. The van der Waals surface area contributed by atoms with E-state index in [0.29, 0.717) is 61.2 Å². The highest BCUT2D eigenvalue weighted by molar-refractivity contribution is 8.25. The van der Waals surface area contributed by atoms with Crippen molar-refractivity contribution in [3.05, 3.63) is 65.9 Å². The van der Waals surface area contributed by atoms with Gasteiger partial charge in [0, 0.05) is 29.9 Å². The molecule has 2 saturated carbocycles. The molecule has 1 aliphatic heterocycles. The first-order valence-electron chi connectivity index (χ1n) is 13.3. The number of amides is 2. The molecule has 0 bridgehead atoms. The summed E-state index contributed by atoms with van der Waals surface area (Å²) < 4.78 is 56.0. The Morgan fingerprint density at radius 1 is 1.10 bits per heavy atom. The number of rotatable bonds is 7. The molecule has 6 rings (SSSR count). The van der Waals surface area contributed by atoms with Gasteiger partial charge in [0.1, 0.15) is 22.2 Å². The number of hydrogen-bond donors (Lipinski definition) is 4. The number of urea groups is 1. The zero-order chi connectivity index (χ0) is 28.1. The van der Waals surface area contributed by atoms with E-state index in [9.17, 15) is 22.7 Å². The number of nitrogens with zero attached hydrogens (tertiary/aromatic N) is 3. The molecule has 12 heteroatoms. The highest BCUT2D eigenvalue weighted by Crippen LogP contribution is 2.75. The molecule has 1 saturated heterocycles. The third-order valence-corrected chi connectivity index (χ3v) is 10.2. The lowest BCUT2D eigenvalue weighted by atomic mass is 10.1. The van der Waals surface area contributed by atoms with E-state index in [2.05, 4.69) is 15.5 Å². The summed E-state index contributed by atoms with van der Waals surface area (Å²) in [6, 6.07) is 11.5. The normalized spacial score (nSPS) is 20.6. The molecule has 40 heavy (non-hydrogen) atoms. The molecule has 0 unspecified atom stereocenters. The maximum absolute atomic E-state index is 14.8. The van der Waals surface area contributed by atoms with Crippen molar-refractivity contribution in [1.29, 1.82) is 0 Å². The fraction of sp³-hybridized carbons (Fsp3) is 0.393. The van der Waals surface area contributed by atoms with Crippen molar-refractivity contribution in [2.24, 2.45) is 0 Å². The maximum Gasteiger partial charge on any atom is 0.319 e. The van der Waals surface area contributed by atoms with Crippen LogP contribution in [0.25, 0.3) is 11.4 Å². The molecule has 212 valence electrons. The maximum atomic E-state index is 14.8. The van der Waals surface area contributed by atoms with Crippen molar-refractivity contribution in [2.75, 3.05) is 30.0 Å². The first-order chi connectivity index (χ1) is 19.2. The number of carbonyl (C=O) groups excluding carboxylic acids is 1. The second kappa shape index (κ2) is 10.3. The van der Waals surface area contributed by atoms with E-state index in [1.165, 1.54) is 0 Å². The quantitative estimate of drug-likeness (QED) is 0.286. The van der Waals surface area contributed by atoms with E-state index in [1.54, 1.807) is 30.3 Å². The van der Waals surface area contributed by atoms with Crippen molar-refractivity contribution in [3.8, 4) is 11.4 Å². The highest BCUT2D eigenvalue weighted by Gasteiger charge is 2.58. The largest absolute Gasteiger partial charge is 0.377 e. The van der Waals surface area contributed by atoms with Gasteiger partial charge in [-0.3, -0.25) is 9.11 Å². The predicted octanol–water partition coefficient (Wildman–Crippen LogP) is 5.73. The van der Waals surface area contributed by atoms with Gasteiger partial charge in [-0.2, -0.15) is 10.6 Å². The molecule has 2 aliphatic carbocycles. The molecule has 2 heterocycles. The van der Waals surface area contributed by atoms with Gasteiger partial charge in [0.05, 0.1) is 29.8 Å². The van der Waals surface area contributed by atoms with Crippen molar-refractivity contribution in [1.82, 2.24) is 15.3 Å². The lowest BCUT2D eigenvalue weighted by Crippen LogP contribution is -2.44. The fourth-order valence-electron chi connectivity index (χ4n) is 5.00. The van der Waals surface area contributed by atoms with Crippen LogP contribution < -0.4 is 15.5 Å². The molecule has 3 aliphatic rings. The molecule has 0 spiro atoms. The molecular formula is C28H31F2N5O4S. The van der Waals surface area contributed by atoms with Crippen LogP contribution in [0.2, 0.25) is 0 Å². The van der Waals surface area contributed by atoms with Crippen LogP contribution in [0.4, 0.5) is 25.1 Å². The third kappa shape index (κ3) is 5.12. The minimum atomic E-state index is -3.82. The molecule has 2 amide bonds. The lowest BCUT2D eigenvalue weighted by molar-refractivity contribution is 0.0985. The number of aromatic nitrogens is 2. The van der Waals surface area contributed by atoms with Crippen LogP contribution in [-0.4, -0.2) is 56.9 Å². The predicted molar refractivity (Wildman–Crippen MR) is 149 cm³/mol. The second-order valence-electron chi connectivity index (χ2n) is 10.6. The van der Waals surface area contributed by atoms with Gasteiger partial charge >= 0.3 is 6.03 Å². The van der Waals surface area contributed by atoms with E-state index < -0.39 is 31.9 Å². The van der Waals surface area contributed by atoms with Gasteiger partial charge in [-0.25, -0.2) is 23.5 Å². The number of anilines is 2. The molecule has 1 aromatic heterocycles. The average molecular weight is 572 g/mol. The summed E-state index contributed by atoms with van der Waals surface area (Å²) in [6.07, 6.45) is 2.67. The Morgan fingerprint density at radius 3 is 2.52 bits per heavy atom. The van der Waals surface area contributed by atoms with Crippen molar-refractivity contribution >= 4 is 28.1 Å². The second-order valence-corrected chi connectivity index (χ2v) is 12.9. The molecule has 9 nitrogen and oxygen atoms in total. The standard InChI is InChI=1S/C28H31F2N5O4S/c1-17-16-39-13-12-35(17)25-15-24(28(10-11-28)40(37,38)23-14-19(29)4-9-22(23)30)33-26(34-25)18-2-5-20(6-3-18)31-27(36)32-21-7-8-21/h2-6,9,14-15,17,21,37-38H,7-8,10-13,16H2,1H3,(H2,31,32,36)/t17-/m0/s1. The number of ether oxygens (including phenoxy) is 1. The molecule has 1 atom stereocenters. The van der Waals surface area contributed by atoms with Gasteiger partial charge in [-0.1, -0.05) is 0 Å². The molecular weight excluding hydrogens is 540 g/mol. The SMILES string of the molecule is C[C@H]1COCCN1c1cc(C2(S(O)(O)c3cc(F)ccc3F)CC2)nc(-c2ccc(NC(=O)NC3CC3)cc2)n1. The zero-order valence-corrected chi connectivity index (χ0v) is 22.8. The number of morpholine rings is 1. The van der Waals surface area contributed by atoms with Gasteiger partial charge in [0.2, 0.25) is 0 Å². The monoisotopic (exact) mass is 571 g/mol. The number of hydrogen-bond acceptors (Lipinski definition) is 7. The minimum absolute atomic E-state index is 0.0112. The Labute approximate surface area is 232 Å². The summed E-state index contributed by atoms with van der Waals surface area (Å²) in [7, 11) is -3.82. The van der Waals surface area contributed by atoms with Crippen LogP contribution in [0, 0.1) is 11.6 Å². The number of benzene rings is 2. The van der Waals surface area contributed by atoms with E-state index in [1.807, 2.05) is 6.92 Å². The Hall–Kier alpha value is -3.32. The summed E-state index contributed by atoms with van der Waals surface area (Å²) >= 11 is 0. The van der Waals surface area contributed by atoms with Crippen molar-refractivity contribution in [3.63, 3.8) is 0 Å². The summed E-state index contributed by atoms with van der Waals surface area (Å²) in [5, 5.41) is 5.69. The fourth-order valence-corrected chi connectivity index (χ4v) is 7.11. The van der Waals surface area contributed by atoms with Gasteiger partial charge in [0.25, 0.3) is 0 Å². The molecule has 3 fully saturated rings. The zero-order valence-electron chi connectivity index (χ0n) is 21.9. The van der Waals surface area contributed by atoms with Crippen LogP contribution in [0.3, 0.4) is 0 Å². The van der Waals surface area contributed by atoms with E-state index in [0.717, 1.165) is 31.0 Å². The smallest absolute Gasteiger partial charge is 0.319 e. The minimum Gasteiger partial charge on any atom is -0.377 e. The van der Waals surface area contributed by atoms with Crippen LogP contribution in [0.5, 0.6) is 0 Å². The lowest BCUT2D eigenvalue weighted by Gasteiger charge is -2.41. The summed E-state index contributed by atoms with van der Waals surface area (Å²) in [5.41, 5.74) is 1.62. The number of carbonyl (C=O) groups is 1. The summed E-state index contributed by atoms with van der Waals surface area (Å²) in [5.74, 6) is -0.694. The van der Waals surface area contributed by atoms with Gasteiger partial charge in [-0.05, 0) is 75.1 Å². The highest BCUT2D eigenvalue weighted by atomic mass is 32.3. The van der Waals surface area contributed by atoms with Crippen LogP contribution >= 0.6 is 10.6 Å². The van der Waals surface area contributed by atoms with Crippen LogP contribution in [0.15, 0.2) is 53.4 Å². The number of halogens is 2. The summed E-state index contributed by atoms with van der Waals surface area (Å²) in [4.78, 5) is 23.3. The average Bonchev–Trinajstić information content (AvgIpc) is 3.86. The van der Waals surface area contributed by atoms with Gasteiger partial charge < -0.3 is 20.3 Å². The third-order valence-electron chi connectivity index (χ3n) is 7.60. The van der Waals surface area contributed by atoms with Gasteiger partial charge in [-0.15, -0.1) is 0 Å². The topological polar surface area (TPSA) is 120 Å². The van der Waals surface area contributed by atoms with E-state index >= 15 is 0 Å². The Kier molecular flexibility index (Phi) is 6.89. The van der Waals surface area contributed by atoms with E-state index in [-0.39, 0.29) is 18.1 Å². The molecule has 4 N–H and O–H groups in total. The molecule has 3 aromatic rings. The first-order valence-corrected chi connectivity index (χ1v) is 14.9. The van der Waals surface area contributed by atoms with E-state index in [4.69, 9.17) is 14.7 Å². The molecule has 0 radical (unpaired) electrons. The first kappa shape index (κ1) is 26.9. The Morgan fingerprint density at radius 2 is 1.85 bits per heavy atom. The number of nitrogens with one attached hydrogen (secondary N) is 2. The van der Waals surface area contributed by atoms with Gasteiger partial charge in [0.15, 0.2) is 5.82 Å². The molecule has 2 aromatic carbocycles. The Bertz CT molecular complexity index is 1430.